The van der Waals surface area contributed by atoms with Crippen LogP contribution in [0.4, 0.5) is 5.69 Å². The maximum Gasteiger partial charge on any atom is 0.151 e. The first-order chi connectivity index (χ1) is 9.51. The first-order valence-corrected chi connectivity index (χ1v) is 5.79. The molecule has 0 radical (unpaired) electrons. The molecule has 2 rings (SSSR count). The summed E-state index contributed by atoms with van der Waals surface area (Å²) in [6.45, 7) is -0.688. The van der Waals surface area contributed by atoms with Crippen LogP contribution in [-0.4, -0.2) is 61.6 Å². The lowest BCUT2D eigenvalue weighted by Crippen LogP contribution is -2.40. The van der Waals surface area contributed by atoms with E-state index in [0.717, 1.165) is 16.7 Å². The summed E-state index contributed by atoms with van der Waals surface area (Å²) in [6, 6.07) is 5.65. The monoisotopic (exact) mass is 283 g/mol. The Balaban J connectivity index is 0.000000200. The number of para-hydroxylation sites is 1. The van der Waals surface area contributed by atoms with E-state index in [0.29, 0.717) is 0 Å². The van der Waals surface area contributed by atoms with Crippen LogP contribution in [0.25, 0.3) is 11.0 Å². The predicted octanol–water partition coefficient (Wildman–Crippen LogP) is -1.59. The number of benzene rings is 1. The fourth-order valence-corrected chi connectivity index (χ4v) is 1.40. The number of rotatable bonds is 4. The van der Waals surface area contributed by atoms with Crippen molar-refractivity contribution >= 4 is 23.0 Å². The number of aldehydes is 1. The van der Waals surface area contributed by atoms with Gasteiger partial charge >= 0.3 is 0 Å². The molecular formula is C12H17N3O5. The number of nitrogens with zero attached hydrogens (tertiary/aromatic N) is 1. The highest BCUT2D eigenvalue weighted by molar-refractivity contribution is 5.86. The van der Waals surface area contributed by atoms with Crippen molar-refractivity contribution in [2.75, 3.05) is 12.3 Å². The van der Waals surface area contributed by atoms with E-state index in [1.54, 1.807) is 6.33 Å². The summed E-state index contributed by atoms with van der Waals surface area (Å²) < 4.78 is 0. The van der Waals surface area contributed by atoms with Crippen LogP contribution in [0.5, 0.6) is 0 Å². The first kappa shape index (κ1) is 16.1. The summed E-state index contributed by atoms with van der Waals surface area (Å²) in [6.07, 6.45) is -2.99. The Morgan fingerprint density at radius 3 is 2.60 bits per heavy atom. The van der Waals surface area contributed by atoms with Crippen LogP contribution >= 0.6 is 0 Å². The minimum absolute atomic E-state index is 0.0869. The summed E-state index contributed by atoms with van der Waals surface area (Å²) in [5.41, 5.74) is 8.21. The average Bonchev–Trinajstić information content (AvgIpc) is 2.95. The van der Waals surface area contributed by atoms with Gasteiger partial charge in [-0.1, -0.05) is 6.07 Å². The predicted molar refractivity (Wildman–Crippen MR) is 71.7 cm³/mol. The van der Waals surface area contributed by atoms with Gasteiger partial charge in [0, 0.05) is 0 Å². The van der Waals surface area contributed by atoms with Gasteiger partial charge in [0.15, 0.2) is 6.29 Å². The summed E-state index contributed by atoms with van der Waals surface area (Å²) in [5, 5.41) is 34.1. The lowest BCUT2D eigenvalue weighted by Gasteiger charge is -2.16. The minimum atomic E-state index is -1.64. The fourth-order valence-electron chi connectivity index (χ4n) is 1.40. The molecule has 7 N–H and O–H groups in total. The lowest BCUT2D eigenvalue weighted by molar-refractivity contribution is -0.127. The minimum Gasteiger partial charge on any atom is -0.397 e. The highest BCUT2D eigenvalue weighted by Crippen LogP contribution is 2.15. The standard InChI is InChI=1S/C7H7N3.C5H10O5/c8-5-2-1-3-6-7(5)10-4-9-6;6-1-3(8)5(10)4(9)2-7/h1-4H,8H2,(H,9,10);1,3-5,7-10H,2H2. The maximum absolute atomic E-state index is 9.76. The summed E-state index contributed by atoms with van der Waals surface area (Å²) >= 11 is 0. The zero-order valence-corrected chi connectivity index (χ0v) is 10.5. The maximum atomic E-state index is 9.76. The zero-order chi connectivity index (χ0) is 15.1. The summed E-state index contributed by atoms with van der Waals surface area (Å²) in [4.78, 5) is 16.8. The van der Waals surface area contributed by atoms with Crippen LogP contribution in [0.2, 0.25) is 0 Å². The molecular weight excluding hydrogens is 266 g/mol. The van der Waals surface area contributed by atoms with Crippen molar-refractivity contribution in [1.29, 1.82) is 0 Å². The molecule has 3 atom stereocenters. The number of nitrogen functional groups attached to an aromatic ring is 1. The molecule has 20 heavy (non-hydrogen) atoms. The number of nitrogens with two attached hydrogens (primary N) is 1. The Bertz CT molecular complexity index is 545. The highest BCUT2D eigenvalue weighted by Gasteiger charge is 2.22. The second-order valence-electron chi connectivity index (χ2n) is 4.01. The molecule has 1 heterocycles. The Morgan fingerprint density at radius 1 is 1.35 bits per heavy atom. The topological polar surface area (TPSA) is 153 Å². The molecule has 0 bridgehead atoms. The number of hydrogen-bond acceptors (Lipinski definition) is 7. The molecule has 0 saturated carbocycles. The van der Waals surface area contributed by atoms with Gasteiger partial charge in [0.25, 0.3) is 0 Å². The lowest BCUT2D eigenvalue weighted by atomic mass is 10.1. The molecule has 8 nitrogen and oxygen atoms in total. The van der Waals surface area contributed by atoms with Gasteiger partial charge in [0.05, 0.1) is 29.7 Å². The number of carbonyl (C=O) groups is 1. The molecule has 110 valence electrons. The Hall–Kier alpha value is -2.00. The van der Waals surface area contributed by atoms with Gasteiger partial charge in [-0.3, -0.25) is 0 Å². The molecule has 0 saturated heterocycles. The Kier molecular flexibility index (Phi) is 6.07. The van der Waals surface area contributed by atoms with Gasteiger partial charge in [-0.05, 0) is 12.1 Å². The van der Waals surface area contributed by atoms with E-state index in [2.05, 4.69) is 9.97 Å². The number of fused-ring (bicyclic) bond motifs is 1. The molecule has 8 heteroatoms. The van der Waals surface area contributed by atoms with E-state index in [1.165, 1.54) is 0 Å². The third-order valence-corrected chi connectivity index (χ3v) is 2.56. The molecule has 3 unspecified atom stereocenters. The number of aliphatic hydroxyl groups excluding tert-OH is 4. The molecule has 0 aliphatic heterocycles. The number of H-pyrrole nitrogens is 1. The van der Waals surface area contributed by atoms with Gasteiger partial charge in [0.1, 0.15) is 18.3 Å². The van der Waals surface area contributed by atoms with Crippen molar-refractivity contribution in [3.8, 4) is 0 Å². The van der Waals surface area contributed by atoms with E-state index in [1.807, 2.05) is 18.2 Å². The van der Waals surface area contributed by atoms with E-state index in [-0.39, 0.29) is 6.29 Å². The molecule has 1 aromatic heterocycles. The number of hydrogen-bond donors (Lipinski definition) is 6. The van der Waals surface area contributed by atoms with Crippen molar-refractivity contribution < 1.29 is 25.2 Å². The number of imidazole rings is 1. The molecule has 0 fully saturated rings. The van der Waals surface area contributed by atoms with E-state index in [4.69, 9.17) is 26.2 Å². The van der Waals surface area contributed by atoms with Crippen LogP contribution in [0.15, 0.2) is 24.5 Å². The molecule has 2 aromatic rings. The largest absolute Gasteiger partial charge is 0.397 e. The van der Waals surface area contributed by atoms with Gasteiger partial charge < -0.3 is 35.9 Å². The molecule has 0 aliphatic carbocycles. The number of aliphatic hydroxyl groups is 4. The van der Waals surface area contributed by atoms with E-state index >= 15 is 0 Å². The number of nitrogens with one attached hydrogen (secondary N) is 1. The second-order valence-corrected chi connectivity index (χ2v) is 4.01. The number of aromatic nitrogens is 2. The van der Waals surface area contributed by atoms with Gasteiger partial charge in [-0.15, -0.1) is 0 Å². The van der Waals surface area contributed by atoms with E-state index in [9.17, 15) is 4.79 Å². The van der Waals surface area contributed by atoms with Crippen molar-refractivity contribution in [2.45, 2.75) is 18.3 Å². The fraction of sp³-hybridized carbons (Fsp3) is 0.333. The van der Waals surface area contributed by atoms with Crippen LogP contribution in [-0.2, 0) is 4.79 Å². The summed E-state index contributed by atoms with van der Waals surface area (Å²) in [7, 11) is 0. The molecule has 0 aliphatic rings. The molecule has 0 amide bonds. The quantitative estimate of drug-likeness (QED) is 0.292. The van der Waals surface area contributed by atoms with Crippen LogP contribution in [0.1, 0.15) is 0 Å². The summed E-state index contributed by atoms with van der Waals surface area (Å²) in [5.74, 6) is 0. The zero-order valence-electron chi connectivity index (χ0n) is 10.5. The number of carbonyl (C=O) groups excluding carboxylic acids is 1. The average molecular weight is 283 g/mol. The van der Waals surface area contributed by atoms with Crippen molar-refractivity contribution in [3.05, 3.63) is 24.5 Å². The van der Waals surface area contributed by atoms with Crippen molar-refractivity contribution in [3.63, 3.8) is 0 Å². The molecule has 1 aromatic carbocycles. The Labute approximate surface area is 114 Å². The van der Waals surface area contributed by atoms with Crippen LogP contribution in [0, 0.1) is 0 Å². The van der Waals surface area contributed by atoms with Crippen molar-refractivity contribution in [2.24, 2.45) is 0 Å². The van der Waals surface area contributed by atoms with Crippen LogP contribution < -0.4 is 5.73 Å². The van der Waals surface area contributed by atoms with Gasteiger partial charge in [-0.2, -0.15) is 0 Å². The second kappa shape index (κ2) is 7.56. The van der Waals surface area contributed by atoms with E-state index < -0.39 is 24.9 Å². The SMILES string of the molecule is Nc1cccc2nc[nH]c12.O=CC(O)C(O)C(O)CO. The van der Waals surface area contributed by atoms with Crippen LogP contribution in [0.3, 0.4) is 0 Å². The smallest absolute Gasteiger partial charge is 0.151 e. The number of aromatic amines is 1. The number of anilines is 1. The van der Waals surface area contributed by atoms with Gasteiger partial charge in [-0.25, -0.2) is 4.98 Å². The first-order valence-electron chi connectivity index (χ1n) is 5.79. The normalized spacial score (nSPS) is 15.0. The third kappa shape index (κ3) is 4.00. The Morgan fingerprint density at radius 2 is 2.05 bits per heavy atom. The van der Waals surface area contributed by atoms with Gasteiger partial charge in [0.2, 0.25) is 0 Å². The third-order valence-electron chi connectivity index (χ3n) is 2.56. The molecule has 0 spiro atoms. The highest BCUT2D eigenvalue weighted by atomic mass is 16.4. The van der Waals surface area contributed by atoms with Crippen molar-refractivity contribution in [1.82, 2.24) is 9.97 Å².